The molecule has 0 saturated carbocycles. The summed E-state index contributed by atoms with van der Waals surface area (Å²) >= 11 is 3.42. The first-order chi connectivity index (χ1) is 12.8. The standard InChI is InChI=1S/C20H20BrFN2O3/c1-13(2)15-6-9-18(17(21)11-15)27-12-20(26)24-23-19(25)10-5-14-3-7-16(22)8-4-14/h3-11,13H,12H2,1-2H3,(H,23,25)(H,24,26)/b10-5+. The van der Waals surface area contributed by atoms with Crippen LogP contribution in [-0.4, -0.2) is 18.4 Å². The number of nitrogens with one attached hydrogen (secondary N) is 2. The molecule has 142 valence electrons. The maximum absolute atomic E-state index is 12.8. The lowest BCUT2D eigenvalue weighted by atomic mass is 10.0. The van der Waals surface area contributed by atoms with Crippen LogP contribution in [0.4, 0.5) is 4.39 Å². The van der Waals surface area contributed by atoms with Crippen molar-refractivity contribution >= 4 is 33.8 Å². The molecule has 2 N–H and O–H groups in total. The fourth-order valence-corrected chi connectivity index (χ4v) is 2.60. The minimum absolute atomic E-state index is 0.248. The van der Waals surface area contributed by atoms with Gasteiger partial charge in [0.15, 0.2) is 6.61 Å². The normalized spacial score (nSPS) is 10.9. The molecular weight excluding hydrogens is 415 g/mol. The number of carbonyl (C=O) groups is 2. The molecule has 2 rings (SSSR count). The highest BCUT2D eigenvalue weighted by molar-refractivity contribution is 9.10. The molecule has 0 bridgehead atoms. The van der Waals surface area contributed by atoms with Crippen LogP contribution in [0.2, 0.25) is 0 Å². The second-order valence-corrected chi connectivity index (χ2v) is 6.91. The van der Waals surface area contributed by atoms with Crippen LogP contribution in [0.25, 0.3) is 6.08 Å². The molecule has 0 atom stereocenters. The molecule has 0 aliphatic rings. The summed E-state index contributed by atoms with van der Waals surface area (Å²) in [6, 6.07) is 11.3. The monoisotopic (exact) mass is 434 g/mol. The molecule has 0 unspecified atom stereocenters. The van der Waals surface area contributed by atoms with Crippen molar-refractivity contribution in [2.75, 3.05) is 6.61 Å². The summed E-state index contributed by atoms with van der Waals surface area (Å²) in [5, 5.41) is 0. The summed E-state index contributed by atoms with van der Waals surface area (Å²) in [6.07, 6.45) is 2.74. The van der Waals surface area contributed by atoms with Crippen LogP contribution in [0.1, 0.15) is 30.9 Å². The van der Waals surface area contributed by atoms with E-state index in [4.69, 9.17) is 4.74 Å². The Morgan fingerprint density at radius 3 is 2.48 bits per heavy atom. The Labute approximate surface area is 165 Å². The number of carbonyl (C=O) groups excluding carboxylic acids is 2. The van der Waals surface area contributed by atoms with Crippen LogP contribution in [0.5, 0.6) is 5.75 Å². The fourth-order valence-electron chi connectivity index (χ4n) is 2.09. The van der Waals surface area contributed by atoms with Crippen molar-refractivity contribution in [2.45, 2.75) is 19.8 Å². The number of hydrogen-bond donors (Lipinski definition) is 2. The molecular formula is C20H20BrFN2O3. The Balaban J connectivity index is 1.77. The topological polar surface area (TPSA) is 67.4 Å². The van der Waals surface area contributed by atoms with Crippen LogP contribution in [0, 0.1) is 5.82 Å². The van der Waals surface area contributed by atoms with Crippen molar-refractivity contribution in [2.24, 2.45) is 0 Å². The molecule has 0 aromatic heterocycles. The van der Waals surface area contributed by atoms with E-state index in [1.165, 1.54) is 36.4 Å². The number of amides is 2. The van der Waals surface area contributed by atoms with Gasteiger partial charge in [0.2, 0.25) is 0 Å². The third-order valence-electron chi connectivity index (χ3n) is 3.60. The van der Waals surface area contributed by atoms with Gasteiger partial charge >= 0.3 is 0 Å². The van der Waals surface area contributed by atoms with Gasteiger partial charge in [-0.25, -0.2) is 4.39 Å². The molecule has 5 nitrogen and oxygen atoms in total. The van der Waals surface area contributed by atoms with E-state index in [-0.39, 0.29) is 12.4 Å². The zero-order valence-corrected chi connectivity index (χ0v) is 16.5. The van der Waals surface area contributed by atoms with Crippen LogP contribution in [0.15, 0.2) is 53.0 Å². The molecule has 2 amide bonds. The molecule has 27 heavy (non-hydrogen) atoms. The molecule has 7 heteroatoms. The van der Waals surface area contributed by atoms with Gasteiger partial charge in [-0.05, 0) is 63.3 Å². The Morgan fingerprint density at radius 2 is 1.85 bits per heavy atom. The van der Waals surface area contributed by atoms with E-state index < -0.39 is 11.8 Å². The van der Waals surface area contributed by atoms with Crippen LogP contribution >= 0.6 is 15.9 Å². The van der Waals surface area contributed by atoms with Crippen molar-refractivity contribution in [3.8, 4) is 5.75 Å². The molecule has 0 radical (unpaired) electrons. The van der Waals surface area contributed by atoms with Crippen molar-refractivity contribution in [3.05, 3.63) is 70.0 Å². The average Bonchev–Trinajstić information content (AvgIpc) is 2.64. The first-order valence-corrected chi connectivity index (χ1v) is 9.09. The zero-order chi connectivity index (χ0) is 19.8. The second-order valence-electron chi connectivity index (χ2n) is 6.06. The van der Waals surface area contributed by atoms with E-state index in [0.717, 1.165) is 10.0 Å². The quantitative estimate of drug-likeness (QED) is 0.534. The van der Waals surface area contributed by atoms with E-state index >= 15 is 0 Å². The number of rotatable bonds is 6. The van der Waals surface area contributed by atoms with Gasteiger partial charge in [-0.1, -0.05) is 32.0 Å². The molecule has 0 aliphatic carbocycles. The molecule has 2 aromatic rings. The summed E-state index contributed by atoms with van der Waals surface area (Å²) in [4.78, 5) is 23.5. The summed E-state index contributed by atoms with van der Waals surface area (Å²) in [7, 11) is 0. The lowest BCUT2D eigenvalue weighted by molar-refractivity contribution is -0.128. The minimum Gasteiger partial charge on any atom is -0.483 e. The molecule has 0 fully saturated rings. The SMILES string of the molecule is CC(C)c1ccc(OCC(=O)NNC(=O)/C=C/c2ccc(F)cc2)c(Br)c1. The number of halogens is 2. The number of hydrazine groups is 1. The summed E-state index contributed by atoms with van der Waals surface area (Å²) in [6.45, 7) is 3.92. The van der Waals surface area contributed by atoms with Crippen molar-refractivity contribution in [1.29, 1.82) is 0 Å². The van der Waals surface area contributed by atoms with E-state index in [2.05, 4.69) is 40.6 Å². The molecule has 0 spiro atoms. The number of benzene rings is 2. The van der Waals surface area contributed by atoms with E-state index in [9.17, 15) is 14.0 Å². The van der Waals surface area contributed by atoms with Gasteiger partial charge in [0.1, 0.15) is 11.6 Å². The van der Waals surface area contributed by atoms with Crippen molar-refractivity contribution in [1.82, 2.24) is 10.9 Å². The van der Waals surface area contributed by atoms with Crippen molar-refractivity contribution in [3.63, 3.8) is 0 Å². The fraction of sp³-hybridized carbons (Fsp3) is 0.200. The molecule has 0 saturated heterocycles. The summed E-state index contributed by atoms with van der Waals surface area (Å²) < 4.78 is 19.0. The Morgan fingerprint density at radius 1 is 1.15 bits per heavy atom. The molecule has 2 aromatic carbocycles. The number of hydrogen-bond acceptors (Lipinski definition) is 3. The minimum atomic E-state index is -0.518. The lowest BCUT2D eigenvalue weighted by Gasteiger charge is -2.11. The largest absolute Gasteiger partial charge is 0.483 e. The predicted octanol–water partition coefficient (Wildman–Crippen LogP) is 3.95. The van der Waals surface area contributed by atoms with E-state index in [0.29, 0.717) is 17.2 Å². The smallest absolute Gasteiger partial charge is 0.276 e. The third-order valence-corrected chi connectivity index (χ3v) is 4.22. The lowest BCUT2D eigenvalue weighted by Crippen LogP contribution is -2.43. The van der Waals surface area contributed by atoms with Gasteiger partial charge in [0.05, 0.1) is 4.47 Å². The maximum atomic E-state index is 12.8. The Kier molecular flexibility index (Phi) is 7.55. The van der Waals surface area contributed by atoms with Crippen molar-refractivity contribution < 1.29 is 18.7 Å². The highest BCUT2D eigenvalue weighted by atomic mass is 79.9. The first kappa shape index (κ1) is 20.6. The van der Waals surface area contributed by atoms with Gasteiger partial charge in [0, 0.05) is 6.08 Å². The van der Waals surface area contributed by atoms with Crippen LogP contribution in [0.3, 0.4) is 0 Å². The van der Waals surface area contributed by atoms with Crippen LogP contribution in [-0.2, 0) is 9.59 Å². The predicted molar refractivity (Wildman–Crippen MR) is 105 cm³/mol. The van der Waals surface area contributed by atoms with Gasteiger partial charge < -0.3 is 4.74 Å². The Hall–Kier alpha value is -2.67. The third kappa shape index (κ3) is 6.86. The highest BCUT2D eigenvalue weighted by Crippen LogP contribution is 2.28. The van der Waals surface area contributed by atoms with Gasteiger partial charge in [0.25, 0.3) is 11.8 Å². The average molecular weight is 435 g/mol. The first-order valence-electron chi connectivity index (χ1n) is 8.30. The molecule has 0 aliphatic heterocycles. The van der Waals surface area contributed by atoms with Gasteiger partial charge in [-0.2, -0.15) is 0 Å². The zero-order valence-electron chi connectivity index (χ0n) is 15.0. The summed E-state index contributed by atoms with van der Waals surface area (Å²) in [5.74, 6) is -0.447. The van der Waals surface area contributed by atoms with E-state index in [1.54, 1.807) is 6.07 Å². The number of ether oxygens (including phenoxy) is 1. The van der Waals surface area contributed by atoms with Crippen LogP contribution < -0.4 is 15.6 Å². The molecule has 0 heterocycles. The van der Waals surface area contributed by atoms with Gasteiger partial charge in [-0.15, -0.1) is 0 Å². The maximum Gasteiger partial charge on any atom is 0.276 e. The highest BCUT2D eigenvalue weighted by Gasteiger charge is 2.08. The van der Waals surface area contributed by atoms with Gasteiger partial charge in [-0.3, -0.25) is 20.4 Å². The second kappa shape index (κ2) is 9.87. The summed E-state index contributed by atoms with van der Waals surface area (Å²) in [5.41, 5.74) is 6.32. The Bertz CT molecular complexity index is 836. The van der Waals surface area contributed by atoms with E-state index in [1.807, 2.05) is 12.1 Å².